The van der Waals surface area contributed by atoms with Crippen molar-refractivity contribution in [3.8, 4) is 0 Å². The van der Waals surface area contributed by atoms with Crippen molar-refractivity contribution in [1.82, 2.24) is 0 Å². The lowest BCUT2D eigenvalue weighted by molar-refractivity contribution is -0.161. The molecule has 0 saturated carbocycles. The molecule has 5 atom stereocenters. The van der Waals surface area contributed by atoms with E-state index in [1.54, 1.807) is 0 Å². The van der Waals surface area contributed by atoms with Crippen molar-refractivity contribution >= 4 is 39.5 Å². The number of hydrogen-bond acceptors (Lipinski definition) is 15. The van der Waals surface area contributed by atoms with E-state index in [4.69, 9.17) is 37.0 Å². The molecule has 0 amide bonds. The summed E-state index contributed by atoms with van der Waals surface area (Å²) in [5, 5.41) is 10.5. The predicted octanol–water partition coefficient (Wildman–Crippen LogP) is 16.7. The van der Waals surface area contributed by atoms with Crippen molar-refractivity contribution in [2.24, 2.45) is 0 Å². The van der Waals surface area contributed by atoms with Crippen molar-refractivity contribution < 1.29 is 80.2 Å². The summed E-state index contributed by atoms with van der Waals surface area (Å²) in [5.41, 5.74) is 0. The molecule has 0 saturated heterocycles. The highest BCUT2D eigenvalue weighted by Crippen LogP contribution is 2.45. The smallest absolute Gasteiger partial charge is 0.462 e. The maximum absolute atomic E-state index is 12.9. The average Bonchev–Trinajstić information content (AvgIpc) is 3.44. The first-order valence-electron chi connectivity index (χ1n) is 32.1. The van der Waals surface area contributed by atoms with Crippen molar-refractivity contribution in [3.63, 3.8) is 0 Å². The molecular formula is C62H116O17P2. The summed E-state index contributed by atoms with van der Waals surface area (Å²) < 4.78 is 67.7. The minimum atomic E-state index is -4.95. The Morgan fingerprint density at radius 1 is 0.346 bits per heavy atom. The van der Waals surface area contributed by atoms with Crippen LogP contribution in [0.25, 0.3) is 0 Å². The number of unbranched alkanes of at least 4 members (excludes halogenated alkanes) is 32. The van der Waals surface area contributed by atoms with Crippen molar-refractivity contribution in [3.05, 3.63) is 24.3 Å². The number of carbonyl (C=O) groups excluding carboxylic acids is 4. The molecule has 0 aliphatic heterocycles. The SMILES string of the molecule is CCCCCC/C=C\C=C/CCCCCCCC(=O)O[C@H](COC(=O)CCCCCCCCCCCCC)COP(=O)(O)OC[C@@H](O)COP(=O)(O)OC[C@@H](COC(=O)CCCCCCCCC)OC(=O)CCCCCCCCCC. The molecule has 0 heterocycles. The molecule has 0 aliphatic carbocycles. The quantitative estimate of drug-likeness (QED) is 0.0169. The molecule has 0 aromatic carbocycles. The van der Waals surface area contributed by atoms with Gasteiger partial charge in [0.25, 0.3) is 0 Å². The molecule has 0 aromatic rings. The van der Waals surface area contributed by atoms with Gasteiger partial charge in [-0.2, -0.15) is 0 Å². The van der Waals surface area contributed by atoms with E-state index in [1.165, 1.54) is 89.9 Å². The Hall–Kier alpha value is -2.46. The van der Waals surface area contributed by atoms with E-state index in [9.17, 15) is 43.2 Å². The van der Waals surface area contributed by atoms with Crippen LogP contribution in [0.3, 0.4) is 0 Å². The van der Waals surface area contributed by atoms with Crippen LogP contribution in [-0.2, 0) is 65.4 Å². The standard InChI is InChI=1S/C62H116O17P2/c1-5-9-13-17-21-24-26-27-28-29-31-33-37-41-45-49-62(67)79-58(53-73-60(65)47-43-39-36-32-30-25-22-18-14-10-6-2)55-77-81(70,71)75-51-56(63)50-74-80(68,69)76-54-57(52-72-59(64)46-42-38-34-20-16-12-8-4)78-61(66)48-44-40-35-23-19-15-11-7-3/h24,26-28,56-58,63H,5-23,25,29-55H2,1-4H3,(H,68,69)(H,70,71)/b26-24-,28-27-/t56-,57+,58+/m0/s1. The lowest BCUT2D eigenvalue weighted by Gasteiger charge is -2.21. The molecule has 17 nitrogen and oxygen atoms in total. The summed E-state index contributed by atoms with van der Waals surface area (Å²) in [6, 6.07) is 0. The number of phosphoric ester groups is 2. The van der Waals surface area contributed by atoms with Gasteiger partial charge in [-0.25, -0.2) is 9.13 Å². The van der Waals surface area contributed by atoms with E-state index in [0.29, 0.717) is 25.7 Å². The molecular weight excluding hydrogens is 1080 g/mol. The number of rotatable bonds is 61. The molecule has 476 valence electrons. The highest BCUT2D eigenvalue weighted by molar-refractivity contribution is 7.47. The number of allylic oxidation sites excluding steroid dienone is 4. The minimum absolute atomic E-state index is 0.0853. The van der Waals surface area contributed by atoms with Crippen molar-refractivity contribution in [2.75, 3.05) is 39.6 Å². The number of carbonyl (C=O) groups is 4. The maximum atomic E-state index is 12.9. The van der Waals surface area contributed by atoms with E-state index in [0.717, 1.165) is 122 Å². The van der Waals surface area contributed by atoms with E-state index < -0.39 is 97.5 Å². The summed E-state index contributed by atoms with van der Waals surface area (Å²) in [5.74, 6) is -2.17. The van der Waals surface area contributed by atoms with Gasteiger partial charge in [0.15, 0.2) is 12.2 Å². The van der Waals surface area contributed by atoms with Crippen LogP contribution in [0, 0.1) is 0 Å². The number of phosphoric acid groups is 2. The third kappa shape index (κ3) is 56.4. The van der Waals surface area contributed by atoms with Gasteiger partial charge in [0.05, 0.1) is 26.4 Å². The predicted molar refractivity (Wildman–Crippen MR) is 321 cm³/mol. The second-order valence-electron chi connectivity index (χ2n) is 21.8. The van der Waals surface area contributed by atoms with Crippen LogP contribution in [0.5, 0.6) is 0 Å². The van der Waals surface area contributed by atoms with Gasteiger partial charge in [-0.3, -0.25) is 37.3 Å². The normalized spacial score (nSPS) is 14.4. The van der Waals surface area contributed by atoms with E-state index in [1.807, 2.05) is 0 Å². The first kappa shape index (κ1) is 78.5. The highest BCUT2D eigenvalue weighted by Gasteiger charge is 2.30. The molecule has 0 spiro atoms. The van der Waals surface area contributed by atoms with Gasteiger partial charge in [0.2, 0.25) is 0 Å². The highest BCUT2D eigenvalue weighted by atomic mass is 31.2. The van der Waals surface area contributed by atoms with Crippen LogP contribution >= 0.6 is 15.6 Å². The summed E-state index contributed by atoms with van der Waals surface area (Å²) in [7, 11) is -9.88. The lowest BCUT2D eigenvalue weighted by Crippen LogP contribution is -2.30. The zero-order valence-electron chi connectivity index (χ0n) is 51.2. The zero-order chi connectivity index (χ0) is 59.8. The summed E-state index contributed by atoms with van der Waals surface area (Å²) in [6.07, 6.45) is 44.0. The Balaban J connectivity index is 5.23. The van der Waals surface area contributed by atoms with Crippen LogP contribution in [0.15, 0.2) is 24.3 Å². The van der Waals surface area contributed by atoms with Crippen molar-refractivity contribution in [1.29, 1.82) is 0 Å². The maximum Gasteiger partial charge on any atom is 0.472 e. The third-order valence-electron chi connectivity index (χ3n) is 13.7. The Morgan fingerprint density at radius 3 is 0.901 bits per heavy atom. The Morgan fingerprint density at radius 2 is 0.593 bits per heavy atom. The number of aliphatic hydroxyl groups excluding tert-OH is 1. The molecule has 0 bridgehead atoms. The fourth-order valence-electron chi connectivity index (χ4n) is 8.74. The van der Waals surface area contributed by atoms with Gasteiger partial charge < -0.3 is 33.8 Å². The fraction of sp³-hybridized carbons (Fsp3) is 0.871. The average molecular weight is 1200 g/mol. The molecule has 0 rings (SSSR count). The third-order valence-corrected chi connectivity index (χ3v) is 15.6. The van der Waals surface area contributed by atoms with Crippen LogP contribution in [0.2, 0.25) is 0 Å². The topological polar surface area (TPSA) is 237 Å². The van der Waals surface area contributed by atoms with Crippen LogP contribution in [0.1, 0.15) is 291 Å². The van der Waals surface area contributed by atoms with Gasteiger partial charge in [-0.1, -0.05) is 238 Å². The summed E-state index contributed by atoms with van der Waals surface area (Å²) >= 11 is 0. The van der Waals surface area contributed by atoms with Crippen LogP contribution < -0.4 is 0 Å². The fourth-order valence-corrected chi connectivity index (χ4v) is 10.3. The van der Waals surface area contributed by atoms with E-state index in [2.05, 4.69) is 52.0 Å². The second-order valence-corrected chi connectivity index (χ2v) is 24.7. The van der Waals surface area contributed by atoms with E-state index >= 15 is 0 Å². The monoisotopic (exact) mass is 1190 g/mol. The van der Waals surface area contributed by atoms with Gasteiger partial charge in [-0.15, -0.1) is 0 Å². The zero-order valence-corrected chi connectivity index (χ0v) is 53.0. The molecule has 0 aromatic heterocycles. The first-order chi connectivity index (χ1) is 39.2. The molecule has 0 radical (unpaired) electrons. The molecule has 0 fully saturated rings. The Kier molecular flexibility index (Phi) is 54.9. The van der Waals surface area contributed by atoms with Crippen LogP contribution in [0.4, 0.5) is 0 Å². The summed E-state index contributed by atoms with van der Waals surface area (Å²) in [4.78, 5) is 71.9. The van der Waals surface area contributed by atoms with Gasteiger partial charge in [-0.05, 0) is 51.4 Å². The van der Waals surface area contributed by atoms with Gasteiger partial charge in [0, 0.05) is 25.7 Å². The first-order valence-corrected chi connectivity index (χ1v) is 35.1. The molecule has 2 unspecified atom stereocenters. The van der Waals surface area contributed by atoms with Gasteiger partial charge in [0.1, 0.15) is 19.3 Å². The Bertz CT molecular complexity index is 1660. The molecule has 81 heavy (non-hydrogen) atoms. The molecule has 0 aliphatic rings. The minimum Gasteiger partial charge on any atom is -0.462 e. The lowest BCUT2D eigenvalue weighted by atomic mass is 10.1. The van der Waals surface area contributed by atoms with E-state index in [-0.39, 0.29) is 25.7 Å². The largest absolute Gasteiger partial charge is 0.472 e. The number of hydrogen-bond donors (Lipinski definition) is 3. The summed E-state index contributed by atoms with van der Waals surface area (Å²) in [6.45, 7) is 4.74. The van der Waals surface area contributed by atoms with Crippen LogP contribution in [-0.4, -0.2) is 96.7 Å². The van der Waals surface area contributed by atoms with Gasteiger partial charge >= 0.3 is 39.5 Å². The molecule has 3 N–H and O–H groups in total. The second kappa shape index (κ2) is 56.7. The van der Waals surface area contributed by atoms with Crippen molar-refractivity contribution in [2.45, 2.75) is 309 Å². The molecule has 19 heteroatoms. The number of esters is 4. The number of ether oxygens (including phenoxy) is 4. The Labute approximate surface area is 491 Å². The number of aliphatic hydroxyl groups is 1.